The summed E-state index contributed by atoms with van der Waals surface area (Å²) in [4.78, 5) is 11.8. The van der Waals surface area contributed by atoms with E-state index in [0.717, 1.165) is 6.07 Å². The maximum Gasteiger partial charge on any atom is 0.255 e. The average molecular weight is 265 g/mol. The monoisotopic (exact) mass is 264 g/mol. The molecule has 0 atom stereocenters. The number of hydrogen-bond donors (Lipinski definition) is 2. The second kappa shape index (κ2) is 5.06. The summed E-state index contributed by atoms with van der Waals surface area (Å²) < 4.78 is 13.2. The van der Waals surface area contributed by atoms with Crippen LogP contribution in [0.5, 0.6) is 0 Å². The van der Waals surface area contributed by atoms with Gasteiger partial charge in [0.05, 0.1) is 5.02 Å². The van der Waals surface area contributed by atoms with Gasteiger partial charge in [0.1, 0.15) is 5.82 Å². The number of benzene rings is 2. The van der Waals surface area contributed by atoms with Crippen LogP contribution in [-0.4, -0.2) is 5.91 Å². The van der Waals surface area contributed by atoms with E-state index < -0.39 is 5.82 Å². The third-order valence-electron chi connectivity index (χ3n) is 2.35. The molecule has 0 aliphatic rings. The van der Waals surface area contributed by atoms with Crippen molar-refractivity contribution in [2.45, 2.75) is 0 Å². The average Bonchev–Trinajstić information content (AvgIpc) is 2.34. The summed E-state index contributed by atoms with van der Waals surface area (Å²) in [7, 11) is 0. The molecule has 0 saturated heterocycles. The van der Waals surface area contributed by atoms with E-state index in [1.807, 2.05) is 0 Å². The topological polar surface area (TPSA) is 55.1 Å². The third kappa shape index (κ3) is 2.78. The lowest BCUT2D eigenvalue weighted by Crippen LogP contribution is -2.11. The standard InChI is InChI=1S/C13H10ClFN2O/c14-11-6-5-10(7-12(11)15)17-13(18)8-1-3-9(16)4-2-8/h1-7H,16H2,(H,17,18). The Morgan fingerprint density at radius 2 is 1.83 bits per heavy atom. The number of amides is 1. The van der Waals surface area contributed by atoms with Crippen LogP contribution in [0.25, 0.3) is 0 Å². The van der Waals surface area contributed by atoms with Crippen LogP contribution in [0.4, 0.5) is 15.8 Å². The zero-order chi connectivity index (χ0) is 13.1. The molecule has 0 bridgehead atoms. The number of nitrogen functional groups attached to an aromatic ring is 1. The first kappa shape index (κ1) is 12.4. The number of anilines is 2. The van der Waals surface area contributed by atoms with Crippen molar-refractivity contribution in [1.29, 1.82) is 0 Å². The van der Waals surface area contributed by atoms with Gasteiger partial charge in [0.25, 0.3) is 5.91 Å². The molecule has 0 aromatic heterocycles. The third-order valence-corrected chi connectivity index (χ3v) is 2.66. The van der Waals surface area contributed by atoms with E-state index in [4.69, 9.17) is 17.3 Å². The zero-order valence-electron chi connectivity index (χ0n) is 9.28. The lowest BCUT2D eigenvalue weighted by Gasteiger charge is -2.06. The summed E-state index contributed by atoms with van der Waals surface area (Å²) in [6.07, 6.45) is 0. The van der Waals surface area contributed by atoms with Gasteiger partial charge in [0, 0.05) is 16.9 Å². The minimum atomic E-state index is -0.577. The Balaban J connectivity index is 2.16. The van der Waals surface area contributed by atoms with E-state index in [1.54, 1.807) is 24.3 Å². The van der Waals surface area contributed by atoms with Crippen molar-refractivity contribution in [3.05, 3.63) is 58.9 Å². The van der Waals surface area contributed by atoms with Gasteiger partial charge < -0.3 is 11.1 Å². The molecule has 2 aromatic rings. The molecule has 5 heteroatoms. The summed E-state index contributed by atoms with van der Waals surface area (Å²) in [5.74, 6) is -0.913. The van der Waals surface area contributed by atoms with Crippen LogP contribution in [-0.2, 0) is 0 Å². The second-order valence-corrected chi connectivity index (χ2v) is 4.11. The maximum atomic E-state index is 13.2. The number of nitrogens with one attached hydrogen (secondary N) is 1. The Kier molecular flexibility index (Phi) is 3.48. The van der Waals surface area contributed by atoms with E-state index in [9.17, 15) is 9.18 Å². The van der Waals surface area contributed by atoms with Gasteiger partial charge in [0.15, 0.2) is 0 Å². The molecule has 0 aliphatic carbocycles. The Labute approximate surface area is 108 Å². The fraction of sp³-hybridized carbons (Fsp3) is 0. The SMILES string of the molecule is Nc1ccc(C(=O)Nc2ccc(Cl)c(F)c2)cc1. The Morgan fingerprint density at radius 3 is 2.44 bits per heavy atom. The molecule has 0 spiro atoms. The smallest absolute Gasteiger partial charge is 0.255 e. The minimum Gasteiger partial charge on any atom is -0.399 e. The fourth-order valence-electron chi connectivity index (χ4n) is 1.41. The molecule has 18 heavy (non-hydrogen) atoms. The van der Waals surface area contributed by atoms with Crippen LogP contribution in [0.15, 0.2) is 42.5 Å². The molecule has 0 fully saturated rings. The van der Waals surface area contributed by atoms with E-state index in [-0.39, 0.29) is 10.9 Å². The molecule has 0 radical (unpaired) electrons. The Hall–Kier alpha value is -2.07. The van der Waals surface area contributed by atoms with Crippen LogP contribution in [0.2, 0.25) is 5.02 Å². The van der Waals surface area contributed by atoms with Gasteiger partial charge in [-0.05, 0) is 42.5 Å². The largest absolute Gasteiger partial charge is 0.399 e. The van der Waals surface area contributed by atoms with Crippen molar-refractivity contribution in [3.63, 3.8) is 0 Å². The van der Waals surface area contributed by atoms with Crippen molar-refractivity contribution in [3.8, 4) is 0 Å². The molecule has 2 rings (SSSR count). The van der Waals surface area contributed by atoms with Crippen molar-refractivity contribution in [2.24, 2.45) is 0 Å². The van der Waals surface area contributed by atoms with Crippen molar-refractivity contribution in [1.82, 2.24) is 0 Å². The molecular weight excluding hydrogens is 255 g/mol. The highest BCUT2D eigenvalue weighted by atomic mass is 35.5. The van der Waals surface area contributed by atoms with E-state index in [1.165, 1.54) is 12.1 Å². The van der Waals surface area contributed by atoms with Crippen molar-refractivity contribution in [2.75, 3.05) is 11.1 Å². The fourth-order valence-corrected chi connectivity index (χ4v) is 1.53. The highest BCUT2D eigenvalue weighted by molar-refractivity contribution is 6.30. The molecule has 2 aromatic carbocycles. The number of hydrogen-bond acceptors (Lipinski definition) is 2. The summed E-state index contributed by atoms with van der Waals surface area (Å²) >= 11 is 5.55. The first-order chi connectivity index (χ1) is 8.56. The Bertz CT molecular complexity index is 584. The van der Waals surface area contributed by atoms with Crippen molar-refractivity contribution < 1.29 is 9.18 Å². The summed E-state index contributed by atoms with van der Waals surface area (Å²) in [6.45, 7) is 0. The highest BCUT2D eigenvalue weighted by Gasteiger charge is 2.07. The van der Waals surface area contributed by atoms with Crippen LogP contribution < -0.4 is 11.1 Å². The van der Waals surface area contributed by atoms with Gasteiger partial charge in [0.2, 0.25) is 0 Å². The number of carbonyl (C=O) groups excluding carboxylic acids is 1. The lowest BCUT2D eigenvalue weighted by molar-refractivity contribution is 0.102. The predicted molar refractivity (Wildman–Crippen MR) is 70.2 cm³/mol. The predicted octanol–water partition coefficient (Wildman–Crippen LogP) is 3.31. The van der Waals surface area contributed by atoms with E-state index >= 15 is 0 Å². The van der Waals surface area contributed by atoms with Gasteiger partial charge in [-0.3, -0.25) is 4.79 Å². The van der Waals surface area contributed by atoms with E-state index in [0.29, 0.717) is 16.9 Å². The molecule has 0 saturated carbocycles. The quantitative estimate of drug-likeness (QED) is 0.818. The highest BCUT2D eigenvalue weighted by Crippen LogP contribution is 2.19. The maximum absolute atomic E-state index is 13.2. The molecule has 3 nitrogen and oxygen atoms in total. The summed E-state index contributed by atoms with van der Waals surface area (Å²) in [5.41, 5.74) is 6.88. The normalized spacial score (nSPS) is 10.1. The minimum absolute atomic E-state index is 0.0143. The van der Waals surface area contributed by atoms with Crippen molar-refractivity contribution >= 4 is 28.9 Å². The summed E-state index contributed by atoms with van der Waals surface area (Å²) in [6, 6.07) is 10.5. The van der Waals surface area contributed by atoms with Crippen LogP contribution in [0, 0.1) is 5.82 Å². The number of nitrogens with two attached hydrogens (primary N) is 1. The molecule has 0 aliphatic heterocycles. The summed E-state index contributed by atoms with van der Waals surface area (Å²) in [5, 5.41) is 2.58. The van der Waals surface area contributed by atoms with Gasteiger partial charge in [-0.1, -0.05) is 11.6 Å². The number of rotatable bonds is 2. The zero-order valence-corrected chi connectivity index (χ0v) is 10.0. The second-order valence-electron chi connectivity index (χ2n) is 3.71. The molecular formula is C13H10ClFN2O. The molecule has 92 valence electrons. The van der Waals surface area contributed by atoms with Gasteiger partial charge in [-0.15, -0.1) is 0 Å². The first-order valence-corrected chi connectivity index (χ1v) is 5.56. The molecule has 0 unspecified atom stereocenters. The first-order valence-electron chi connectivity index (χ1n) is 5.18. The van der Waals surface area contributed by atoms with Gasteiger partial charge in [-0.25, -0.2) is 4.39 Å². The van der Waals surface area contributed by atoms with Crippen LogP contribution in [0.3, 0.4) is 0 Å². The molecule has 1 amide bonds. The number of carbonyl (C=O) groups is 1. The van der Waals surface area contributed by atoms with Crippen LogP contribution >= 0.6 is 11.6 Å². The molecule has 3 N–H and O–H groups in total. The van der Waals surface area contributed by atoms with E-state index in [2.05, 4.69) is 5.32 Å². The Morgan fingerprint density at radius 1 is 1.17 bits per heavy atom. The molecule has 0 heterocycles. The lowest BCUT2D eigenvalue weighted by atomic mass is 10.2. The van der Waals surface area contributed by atoms with Gasteiger partial charge in [-0.2, -0.15) is 0 Å². The van der Waals surface area contributed by atoms with Crippen LogP contribution in [0.1, 0.15) is 10.4 Å². The van der Waals surface area contributed by atoms with Gasteiger partial charge >= 0.3 is 0 Å². The number of halogens is 2.